The minimum Gasteiger partial charge on any atom is -0.241 e. The Morgan fingerprint density at radius 2 is 2.00 bits per heavy atom. The van der Waals surface area contributed by atoms with E-state index in [-0.39, 0.29) is 5.56 Å². The van der Waals surface area contributed by atoms with Crippen molar-refractivity contribution in [3.05, 3.63) is 64.4 Å². The van der Waals surface area contributed by atoms with Gasteiger partial charge in [0, 0.05) is 6.42 Å². The molecule has 0 aliphatic heterocycles. The molecule has 0 bridgehead atoms. The lowest BCUT2D eigenvalue weighted by molar-refractivity contribution is 0.622. The number of rotatable bonds is 2. The number of halogens is 1. The van der Waals surface area contributed by atoms with Gasteiger partial charge < -0.3 is 0 Å². The van der Waals surface area contributed by atoms with E-state index >= 15 is 0 Å². The molecule has 3 aromatic rings. The van der Waals surface area contributed by atoms with E-state index in [0.29, 0.717) is 12.0 Å². The summed E-state index contributed by atoms with van der Waals surface area (Å²) in [7, 11) is 0. The Hall–Kier alpha value is -2.25. The van der Waals surface area contributed by atoms with Gasteiger partial charge in [-0.05, 0) is 23.8 Å². The molecule has 0 amide bonds. The summed E-state index contributed by atoms with van der Waals surface area (Å²) in [5, 5.41) is 9.90. The van der Waals surface area contributed by atoms with Crippen molar-refractivity contribution in [1.82, 2.24) is 4.98 Å². The van der Waals surface area contributed by atoms with Gasteiger partial charge >= 0.3 is 0 Å². The smallest absolute Gasteiger partial charge is 0.141 e. The number of para-hydroxylation sites is 1. The van der Waals surface area contributed by atoms with Crippen LogP contribution in [0.3, 0.4) is 0 Å². The lowest BCUT2D eigenvalue weighted by Gasteiger charge is -2.01. The van der Waals surface area contributed by atoms with Crippen LogP contribution in [0.5, 0.6) is 0 Å². The van der Waals surface area contributed by atoms with Crippen LogP contribution in [0.2, 0.25) is 0 Å². The Balaban J connectivity index is 2.02. The van der Waals surface area contributed by atoms with Gasteiger partial charge in [-0.25, -0.2) is 9.37 Å². The van der Waals surface area contributed by atoms with Gasteiger partial charge in [0.1, 0.15) is 11.9 Å². The molecule has 0 aliphatic rings. The number of hydrogen-bond donors (Lipinski definition) is 0. The molecule has 4 heteroatoms. The van der Waals surface area contributed by atoms with E-state index in [4.69, 9.17) is 5.26 Å². The molecular weight excluding hydrogens is 259 g/mol. The van der Waals surface area contributed by atoms with Gasteiger partial charge in [-0.3, -0.25) is 0 Å². The predicted molar refractivity (Wildman–Crippen MR) is 73.5 cm³/mol. The van der Waals surface area contributed by atoms with E-state index in [1.807, 2.05) is 30.3 Å². The summed E-state index contributed by atoms with van der Waals surface area (Å²) in [5.74, 6) is -0.471. The zero-order chi connectivity index (χ0) is 13.2. The first-order valence-electron chi connectivity index (χ1n) is 5.80. The molecule has 0 aliphatic carbocycles. The second kappa shape index (κ2) is 4.79. The third-order valence-corrected chi connectivity index (χ3v) is 3.93. The number of thiazole rings is 1. The van der Waals surface area contributed by atoms with Crippen LogP contribution in [0.1, 0.15) is 16.1 Å². The molecule has 92 valence electrons. The van der Waals surface area contributed by atoms with Crippen molar-refractivity contribution >= 4 is 21.6 Å². The summed E-state index contributed by atoms with van der Waals surface area (Å²) in [6.07, 6.45) is 0.486. The summed E-state index contributed by atoms with van der Waals surface area (Å²) < 4.78 is 14.6. The normalized spacial score (nSPS) is 10.5. The van der Waals surface area contributed by atoms with Gasteiger partial charge in [0.05, 0.1) is 20.8 Å². The van der Waals surface area contributed by atoms with Crippen LogP contribution in [0, 0.1) is 17.1 Å². The molecule has 1 heterocycles. The maximum Gasteiger partial charge on any atom is 0.141 e. The third kappa shape index (κ3) is 2.20. The number of hydrogen-bond acceptors (Lipinski definition) is 3. The molecule has 0 fully saturated rings. The van der Waals surface area contributed by atoms with Crippen molar-refractivity contribution in [2.24, 2.45) is 0 Å². The van der Waals surface area contributed by atoms with Crippen molar-refractivity contribution < 1.29 is 4.39 Å². The summed E-state index contributed by atoms with van der Waals surface area (Å²) >= 11 is 1.57. The van der Waals surface area contributed by atoms with E-state index in [1.54, 1.807) is 23.5 Å². The molecule has 0 spiro atoms. The highest BCUT2D eigenvalue weighted by Gasteiger charge is 2.10. The van der Waals surface area contributed by atoms with Crippen LogP contribution in [0.25, 0.3) is 10.2 Å². The quantitative estimate of drug-likeness (QED) is 0.706. The van der Waals surface area contributed by atoms with Crippen LogP contribution in [-0.2, 0) is 6.42 Å². The Morgan fingerprint density at radius 1 is 1.16 bits per heavy atom. The summed E-state index contributed by atoms with van der Waals surface area (Å²) in [4.78, 5) is 4.50. The first-order chi connectivity index (χ1) is 9.28. The predicted octanol–water partition coefficient (Wildman–Crippen LogP) is 3.90. The fourth-order valence-corrected chi connectivity index (χ4v) is 2.99. The third-order valence-electron chi connectivity index (χ3n) is 2.89. The van der Waals surface area contributed by atoms with Gasteiger partial charge in [-0.1, -0.05) is 24.3 Å². The molecule has 0 N–H and O–H groups in total. The average Bonchev–Trinajstić information content (AvgIpc) is 2.81. The summed E-state index contributed by atoms with van der Waals surface area (Å²) in [5.41, 5.74) is 1.74. The van der Waals surface area contributed by atoms with E-state index < -0.39 is 5.82 Å². The van der Waals surface area contributed by atoms with Crippen LogP contribution < -0.4 is 0 Å². The molecule has 0 radical (unpaired) electrons. The van der Waals surface area contributed by atoms with Gasteiger partial charge in [0.25, 0.3) is 0 Å². The first-order valence-corrected chi connectivity index (χ1v) is 6.61. The molecule has 0 unspecified atom stereocenters. The number of nitriles is 1. The Labute approximate surface area is 113 Å². The van der Waals surface area contributed by atoms with Crippen molar-refractivity contribution in [2.45, 2.75) is 6.42 Å². The highest BCUT2D eigenvalue weighted by atomic mass is 32.1. The Kier molecular flexibility index (Phi) is 2.98. The number of fused-ring (bicyclic) bond motifs is 1. The van der Waals surface area contributed by atoms with Gasteiger partial charge in [0.2, 0.25) is 0 Å². The van der Waals surface area contributed by atoms with E-state index in [9.17, 15) is 4.39 Å². The van der Waals surface area contributed by atoms with E-state index in [0.717, 1.165) is 15.2 Å². The van der Waals surface area contributed by atoms with Crippen LogP contribution in [0.4, 0.5) is 4.39 Å². The molecule has 0 saturated heterocycles. The molecule has 2 nitrogen and oxygen atoms in total. The van der Waals surface area contributed by atoms with E-state index in [2.05, 4.69) is 4.98 Å². The minimum absolute atomic E-state index is 0.113. The zero-order valence-electron chi connectivity index (χ0n) is 9.93. The highest BCUT2D eigenvalue weighted by Crippen LogP contribution is 2.25. The van der Waals surface area contributed by atoms with Crippen LogP contribution >= 0.6 is 11.3 Å². The molecular formula is C15H9FN2S. The highest BCUT2D eigenvalue weighted by molar-refractivity contribution is 7.18. The summed E-state index contributed by atoms with van der Waals surface area (Å²) in [6, 6.07) is 14.5. The second-order valence-corrected chi connectivity index (χ2v) is 5.25. The fourth-order valence-electron chi connectivity index (χ4n) is 2.00. The maximum absolute atomic E-state index is 13.5. The van der Waals surface area contributed by atoms with Gasteiger partial charge in [-0.2, -0.15) is 5.26 Å². The molecule has 0 saturated carbocycles. The minimum atomic E-state index is -0.471. The SMILES string of the molecule is N#Cc1c(F)cccc1Cc1nc2ccccc2s1. The first kappa shape index (κ1) is 11.8. The molecule has 19 heavy (non-hydrogen) atoms. The topological polar surface area (TPSA) is 36.7 Å². The van der Waals surface area contributed by atoms with E-state index in [1.165, 1.54) is 6.07 Å². The lowest BCUT2D eigenvalue weighted by atomic mass is 10.1. The number of aromatic nitrogens is 1. The van der Waals surface area contributed by atoms with Gasteiger partial charge in [0.15, 0.2) is 0 Å². The lowest BCUT2D eigenvalue weighted by Crippen LogP contribution is -1.94. The van der Waals surface area contributed by atoms with Crippen LogP contribution in [-0.4, -0.2) is 4.98 Å². The Morgan fingerprint density at radius 3 is 2.79 bits per heavy atom. The van der Waals surface area contributed by atoms with Gasteiger partial charge in [-0.15, -0.1) is 11.3 Å². The summed E-state index contributed by atoms with van der Waals surface area (Å²) in [6.45, 7) is 0. The standard InChI is InChI=1S/C15H9FN2S/c16-12-5-3-4-10(11(12)9-17)8-15-18-13-6-1-2-7-14(13)19-15/h1-7H,8H2. The molecule has 0 atom stereocenters. The molecule has 1 aromatic heterocycles. The van der Waals surface area contributed by atoms with Crippen molar-refractivity contribution in [3.8, 4) is 6.07 Å². The largest absolute Gasteiger partial charge is 0.241 e. The van der Waals surface area contributed by atoms with Crippen molar-refractivity contribution in [2.75, 3.05) is 0 Å². The molecule has 3 rings (SSSR count). The van der Waals surface area contributed by atoms with Crippen molar-refractivity contribution in [1.29, 1.82) is 5.26 Å². The number of nitrogens with zero attached hydrogens (tertiary/aromatic N) is 2. The molecule has 2 aromatic carbocycles. The Bertz CT molecular complexity index is 753. The van der Waals surface area contributed by atoms with Crippen molar-refractivity contribution in [3.63, 3.8) is 0 Å². The maximum atomic E-state index is 13.5. The zero-order valence-corrected chi connectivity index (χ0v) is 10.7. The average molecular weight is 268 g/mol. The number of benzene rings is 2. The monoisotopic (exact) mass is 268 g/mol. The second-order valence-electron chi connectivity index (χ2n) is 4.14. The van der Waals surface area contributed by atoms with Crippen LogP contribution in [0.15, 0.2) is 42.5 Å². The fraction of sp³-hybridized carbons (Fsp3) is 0.0667.